The van der Waals surface area contributed by atoms with E-state index in [0.29, 0.717) is 6.07 Å². The van der Waals surface area contributed by atoms with E-state index in [1.807, 2.05) is 0 Å². The van der Waals surface area contributed by atoms with Crippen molar-refractivity contribution >= 4 is 5.78 Å². The Morgan fingerprint density at radius 3 is 2.81 bits per heavy atom. The first-order valence-electron chi connectivity index (χ1n) is 5.71. The van der Waals surface area contributed by atoms with Gasteiger partial charge in [0, 0.05) is 12.1 Å². The SMILES string of the molecule is COc1cc(F)cc(F)c1-c1c(O)n2ncnc2[nH]c1=O. The van der Waals surface area contributed by atoms with Crippen LogP contribution in [-0.4, -0.2) is 31.8 Å². The smallest absolute Gasteiger partial charge is 0.264 e. The largest absolute Gasteiger partial charge is 0.496 e. The molecule has 3 aromatic rings. The van der Waals surface area contributed by atoms with Gasteiger partial charge in [-0.1, -0.05) is 0 Å². The van der Waals surface area contributed by atoms with E-state index in [1.165, 1.54) is 7.11 Å². The molecule has 0 bridgehead atoms. The molecule has 21 heavy (non-hydrogen) atoms. The van der Waals surface area contributed by atoms with Gasteiger partial charge in [-0.3, -0.25) is 9.78 Å². The minimum Gasteiger partial charge on any atom is -0.496 e. The number of halogens is 2. The molecule has 0 radical (unpaired) electrons. The fourth-order valence-corrected chi connectivity index (χ4v) is 2.03. The molecule has 3 rings (SSSR count). The van der Waals surface area contributed by atoms with Crippen LogP contribution in [0.15, 0.2) is 23.3 Å². The predicted octanol–water partition coefficient (Wildman–Crippen LogP) is 1.08. The molecule has 0 fully saturated rings. The zero-order valence-electron chi connectivity index (χ0n) is 10.6. The molecule has 0 unspecified atom stereocenters. The summed E-state index contributed by atoms with van der Waals surface area (Å²) in [5.74, 6) is -2.79. The normalized spacial score (nSPS) is 11.0. The van der Waals surface area contributed by atoms with Crippen molar-refractivity contribution < 1.29 is 18.6 Å². The van der Waals surface area contributed by atoms with E-state index in [1.54, 1.807) is 0 Å². The number of benzene rings is 1. The zero-order chi connectivity index (χ0) is 15.1. The average molecular weight is 294 g/mol. The summed E-state index contributed by atoms with van der Waals surface area (Å²) in [6, 6.07) is 1.49. The highest BCUT2D eigenvalue weighted by Gasteiger charge is 2.23. The maximum absolute atomic E-state index is 14.0. The fourth-order valence-electron chi connectivity index (χ4n) is 2.03. The quantitative estimate of drug-likeness (QED) is 0.737. The molecule has 0 aliphatic heterocycles. The molecule has 0 amide bonds. The molecule has 2 aromatic heterocycles. The average Bonchev–Trinajstić information content (AvgIpc) is 2.88. The molecule has 0 spiro atoms. The van der Waals surface area contributed by atoms with Crippen LogP contribution in [0.2, 0.25) is 0 Å². The molecule has 2 N–H and O–H groups in total. The third-order valence-corrected chi connectivity index (χ3v) is 2.91. The summed E-state index contributed by atoms with van der Waals surface area (Å²) in [7, 11) is 1.19. The monoisotopic (exact) mass is 294 g/mol. The van der Waals surface area contributed by atoms with Crippen molar-refractivity contribution in [3.05, 3.63) is 40.4 Å². The summed E-state index contributed by atoms with van der Waals surface area (Å²) in [6.07, 6.45) is 1.10. The first-order chi connectivity index (χ1) is 10.0. The number of ether oxygens (including phenoxy) is 1. The molecule has 1 aromatic carbocycles. The summed E-state index contributed by atoms with van der Waals surface area (Å²) in [6.45, 7) is 0. The first kappa shape index (κ1) is 13.0. The van der Waals surface area contributed by atoms with Gasteiger partial charge < -0.3 is 9.84 Å². The minimum absolute atomic E-state index is 0.0114. The Balaban J connectivity index is 2.43. The number of hydrogen-bond acceptors (Lipinski definition) is 5. The molecule has 2 heterocycles. The summed E-state index contributed by atoms with van der Waals surface area (Å²) in [5.41, 5.74) is -1.60. The maximum atomic E-state index is 14.0. The highest BCUT2D eigenvalue weighted by molar-refractivity contribution is 5.75. The van der Waals surface area contributed by atoms with Crippen LogP contribution in [-0.2, 0) is 0 Å². The third kappa shape index (κ3) is 1.90. The van der Waals surface area contributed by atoms with E-state index in [-0.39, 0.29) is 17.1 Å². The number of nitrogens with zero attached hydrogens (tertiary/aromatic N) is 3. The van der Waals surface area contributed by atoms with E-state index in [4.69, 9.17) is 4.74 Å². The number of hydrogen-bond donors (Lipinski definition) is 2. The van der Waals surface area contributed by atoms with Crippen molar-refractivity contribution in [3.8, 4) is 22.8 Å². The van der Waals surface area contributed by atoms with E-state index in [0.717, 1.165) is 16.9 Å². The van der Waals surface area contributed by atoms with Gasteiger partial charge >= 0.3 is 0 Å². The van der Waals surface area contributed by atoms with Crippen molar-refractivity contribution in [1.29, 1.82) is 0 Å². The Morgan fingerprint density at radius 2 is 2.10 bits per heavy atom. The molecule has 0 saturated carbocycles. The van der Waals surface area contributed by atoms with Gasteiger partial charge in [-0.05, 0) is 0 Å². The fraction of sp³-hybridized carbons (Fsp3) is 0.0833. The highest BCUT2D eigenvalue weighted by atomic mass is 19.1. The Hall–Kier alpha value is -2.97. The number of aromatic hydroxyl groups is 1. The van der Waals surface area contributed by atoms with Gasteiger partial charge in [-0.25, -0.2) is 8.78 Å². The second-order valence-corrected chi connectivity index (χ2v) is 4.11. The van der Waals surface area contributed by atoms with Crippen LogP contribution < -0.4 is 10.3 Å². The third-order valence-electron chi connectivity index (χ3n) is 2.91. The molecule has 108 valence electrons. The second-order valence-electron chi connectivity index (χ2n) is 4.11. The Morgan fingerprint density at radius 1 is 1.33 bits per heavy atom. The van der Waals surface area contributed by atoms with Gasteiger partial charge in [0.2, 0.25) is 11.7 Å². The summed E-state index contributed by atoms with van der Waals surface area (Å²) in [4.78, 5) is 18.1. The lowest BCUT2D eigenvalue weighted by Crippen LogP contribution is -2.14. The number of rotatable bonds is 2. The van der Waals surface area contributed by atoms with Crippen LogP contribution in [0, 0.1) is 11.6 Å². The van der Waals surface area contributed by atoms with Crippen LogP contribution in [0.1, 0.15) is 0 Å². The van der Waals surface area contributed by atoms with E-state index in [2.05, 4.69) is 15.1 Å². The Labute approximate surface area is 115 Å². The van der Waals surface area contributed by atoms with Gasteiger partial charge in [-0.15, -0.1) is 0 Å². The van der Waals surface area contributed by atoms with E-state index < -0.39 is 28.6 Å². The van der Waals surface area contributed by atoms with E-state index in [9.17, 15) is 18.7 Å². The number of H-pyrrole nitrogens is 1. The van der Waals surface area contributed by atoms with Gasteiger partial charge in [-0.2, -0.15) is 14.6 Å². The summed E-state index contributed by atoms with van der Waals surface area (Å²) >= 11 is 0. The minimum atomic E-state index is -1.05. The molecule has 9 heteroatoms. The number of fused-ring (bicyclic) bond motifs is 1. The molecule has 7 nitrogen and oxygen atoms in total. The lowest BCUT2D eigenvalue weighted by atomic mass is 10.1. The van der Waals surface area contributed by atoms with Crippen molar-refractivity contribution in [3.63, 3.8) is 0 Å². The molecule has 0 aliphatic carbocycles. The van der Waals surface area contributed by atoms with Crippen LogP contribution in [0.5, 0.6) is 11.6 Å². The second kappa shape index (κ2) is 4.54. The Bertz CT molecular complexity index is 903. The van der Waals surface area contributed by atoms with Crippen LogP contribution in [0.25, 0.3) is 16.9 Å². The number of aromatic nitrogens is 4. The maximum Gasteiger partial charge on any atom is 0.264 e. The number of methoxy groups -OCH3 is 1. The Kier molecular flexibility index (Phi) is 2.82. The predicted molar refractivity (Wildman–Crippen MR) is 67.2 cm³/mol. The van der Waals surface area contributed by atoms with E-state index >= 15 is 0 Å². The van der Waals surface area contributed by atoms with Gasteiger partial charge in [0.1, 0.15) is 29.3 Å². The van der Waals surface area contributed by atoms with Crippen LogP contribution in [0.3, 0.4) is 0 Å². The van der Waals surface area contributed by atoms with Gasteiger partial charge in [0.25, 0.3) is 5.56 Å². The molecular weight excluding hydrogens is 286 g/mol. The summed E-state index contributed by atoms with van der Waals surface area (Å²) < 4.78 is 33.1. The lowest BCUT2D eigenvalue weighted by molar-refractivity contribution is 0.406. The van der Waals surface area contributed by atoms with Gasteiger partial charge in [0.05, 0.1) is 12.7 Å². The summed E-state index contributed by atoms with van der Waals surface area (Å²) in [5, 5.41) is 13.8. The molecule has 0 saturated heterocycles. The van der Waals surface area contributed by atoms with Crippen molar-refractivity contribution in [2.45, 2.75) is 0 Å². The van der Waals surface area contributed by atoms with Crippen LogP contribution >= 0.6 is 0 Å². The van der Waals surface area contributed by atoms with Crippen molar-refractivity contribution in [2.24, 2.45) is 0 Å². The van der Waals surface area contributed by atoms with Gasteiger partial charge in [0.15, 0.2) is 0 Å². The number of nitrogens with one attached hydrogen (secondary N) is 1. The zero-order valence-corrected chi connectivity index (χ0v) is 10.6. The standard InChI is InChI=1S/C12H8F2N4O3/c1-21-7-3-5(13)2-6(14)8(7)9-10(19)17-12-15-4-16-18(12)11(9)20/h2-4,20H,1H3,(H,15,16,17,19). The first-order valence-corrected chi connectivity index (χ1v) is 5.71. The molecule has 0 atom stereocenters. The molecule has 0 aliphatic rings. The lowest BCUT2D eigenvalue weighted by Gasteiger charge is -2.11. The van der Waals surface area contributed by atoms with Crippen molar-refractivity contribution in [2.75, 3.05) is 7.11 Å². The van der Waals surface area contributed by atoms with Crippen molar-refractivity contribution in [1.82, 2.24) is 19.6 Å². The highest BCUT2D eigenvalue weighted by Crippen LogP contribution is 2.35. The topological polar surface area (TPSA) is 92.5 Å². The number of aromatic amines is 1. The van der Waals surface area contributed by atoms with Crippen LogP contribution in [0.4, 0.5) is 8.78 Å². The molecular formula is C12H8F2N4O3.